The lowest BCUT2D eigenvalue weighted by Gasteiger charge is -2.39. The molecule has 20 heteroatoms. The summed E-state index contributed by atoms with van der Waals surface area (Å²) in [4.78, 5) is 79.7. The Hall–Kier alpha value is -6.80. The predicted molar refractivity (Wildman–Crippen MR) is 276 cm³/mol. The van der Waals surface area contributed by atoms with E-state index < -0.39 is 36.3 Å². The summed E-state index contributed by atoms with van der Waals surface area (Å²) >= 11 is 1.62. The number of carbonyl (C=O) groups excluding carboxylic acids is 4. The number of hydrogen-bond donors (Lipinski definition) is 4. The minimum atomic E-state index is -0.776. The van der Waals surface area contributed by atoms with Crippen LogP contribution in [0.1, 0.15) is 125 Å². The van der Waals surface area contributed by atoms with Crippen LogP contribution < -0.4 is 15.4 Å². The standard InChI is InChI=1S/C55H63FN10O8S/c1-25(2)45(62-54(69)71-6)51(67)64-14-8-9-39(64)48-57-23-37(61-48)31-18-35(56)44-40-19-32-17-30(12-13-38(32)65(40)53(74-42(44)20-31)43-24-59-50(75-43)29-10-11-29)36-22-58-49(60-36)41-21-34-28(5)47(34)66(41)52(68)46(63-55(70)72-7)33-15-26(3)73-27(4)16-33/h12-13,17-20,22-29,33-34,39,41,45-47,53H,8-11,14-16,21H2,1-7H3,(H,57,61)(H,58,60)(H,62,69)(H,63,70)/t26-,27-,28?,34?,39+,41+,45?,46?,47?,53?/m1/s1. The van der Waals surface area contributed by atoms with Gasteiger partial charge in [-0.2, -0.15) is 0 Å². The fourth-order valence-corrected chi connectivity index (χ4v) is 13.7. The average molecular weight is 1040 g/mol. The smallest absolute Gasteiger partial charge is 0.407 e. The van der Waals surface area contributed by atoms with E-state index in [9.17, 15) is 19.2 Å². The molecule has 2 aromatic carbocycles. The van der Waals surface area contributed by atoms with Gasteiger partial charge in [0.25, 0.3) is 0 Å². The van der Waals surface area contributed by atoms with Gasteiger partial charge < -0.3 is 49.3 Å². The van der Waals surface area contributed by atoms with E-state index in [-0.39, 0.29) is 54.0 Å². The highest BCUT2D eigenvalue weighted by Gasteiger charge is 2.62. The average Bonchev–Trinajstić information content (AvgIpc) is 3.89. The molecule has 10 atom stereocenters. The first-order valence-corrected chi connectivity index (χ1v) is 27.2. The summed E-state index contributed by atoms with van der Waals surface area (Å²) in [5, 5.41) is 7.55. The third-order valence-electron chi connectivity index (χ3n) is 16.6. The molecule has 394 valence electrons. The molecule has 18 nitrogen and oxygen atoms in total. The van der Waals surface area contributed by atoms with Gasteiger partial charge in [-0.25, -0.2) is 28.9 Å². The number of H-pyrrole nitrogens is 2. The topological polar surface area (TPSA) is 211 Å². The quantitative estimate of drug-likeness (QED) is 0.0907. The van der Waals surface area contributed by atoms with Crippen molar-refractivity contribution in [2.24, 2.45) is 23.7 Å². The molecule has 3 saturated heterocycles. The van der Waals surface area contributed by atoms with E-state index in [4.69, 9.17) is 33.9 Å². The Morgan fingerprint density at radius 3 is 2.24 bits per heavy atom. The molecule has 0 bridgehead atoms. The summed E-state index contributed by atoms with van der Waals surface area (Å²) in [6.45, 7) is 10.4. The number of aromatic nitrogens is 6. The molecule has 4 aliphatic heterocycles. The van der Waals surface area contributed by atoms with Crippen LogP contribution in [0.2, 0.25) is 0 Å². The van der Waals surface area contributed by atoms with Crippen molar-refractivity contribution in [3.63, 3.8) is 0 Å². The highest BCUT2D eigenvalue weighted by molar-refractivity contribution is 7.11. The number of likely N-dealkylation sites (tertiary alicyclic amines) is 2. The summed E-state index contributed by atoms with van der Waals surface area (Å²) < 4.78 is 41.9. The number of ether oxygens (including phenoxy) is 4. The van der Waals surface area contributed by atoms with Crippen molar-refractivity contribution in [1.82, 2.24) is 49.9 Å². The zero-order valence-corrected chi connectivity index (χ0v) is 43.9. The lowest BCUT2D eigenvalue weighted by molar-refractivity contribution is -0.140. The minimum Gasteiger partial charge on any atom is -0.464 e. The molecule has 0 spiro atoms. The number of benzene rings is 2. The number of rotatable bonds is 12. The van der Waals surface area contributed by atoms with Crippen LogP contribution in [0.5, 0.6) is 5.75 Å². The summed E-state index contributed by atoms with van der Waals surface area (Å²) in [6, 6.07) is 9.29. The van der Waals surface area contributed by atoms with Gasteiger partial charge in [-0.15, -0.1) is 11.3 Å². The molecule has 4 N–H and O–H groups in total. The first-order chi connectivity index (χ1) is 36.2. The van der Waals surface area contributed by atoms with Gasteiger partial charge in [-0.1, -0.05) is 26.8 Å². The molecule has 12 rings (SSSR count). The Kier molecular flexibility index (Phi) is 12.5. The summed E-state index contributed by atoms with van der Waals surface area (Å²) in [5.41, 5.74) is 4.59. The number of alkyl carbamates (subject to hydrolysis) is 2. The van der Waals surface area contributed by atoms with Crippen LogP contribution in [0.25, 0.3) is 44.7 Å². The van der Waals surface area contributed by atoms with Crippen LogP contribution >= 0.6 is 11.3 Å². The van der Waals surface area contributed by atoms with Crippen molar-refractivity contribution in [2.75, 3.05) is 20.8 Å². The third-order valence-corrected chi connectivity index (χ3v) is 17.7. The molecule has 6 aromatic rings. The van der Waals surface area contributed by atoms with Gasteiger partial charge in [0.05, 0.1) is 89.0 Å². The van der Waals surface area contributed by atoms with Gasteiger partial charge in [0.15, 0.2) is 0 Å². The minimum absolute atomic E-state index is 0.0454. The second-order valence-electron chi connectivity index (χ2n) is 21.9. The van der Waals surface area contributed by atoms with Gasteiger partial charge >= 0.3 is 12.2 Å². The van der Waals surface area contributed by atoms with E-state index in [0.717, 1.165) is 57.7 Å². The molecule has 5 fully saturated rings. The molecule has 75 heavy (non-hydrogen) atoms. The molecule has 6 aliphatic rings. The fraction of sp³-hybridized carbons (Fsp3) is 0.509. The monoisotopic (exact) mass is 1040 g/mol. The molecular weight excluding hydrogens is 980 g/mol. The first kappa shape index (κ1) is 49.1. The second kappa shape index (κ2) is 19.1. The predicted octanol–water partition coefficient (Wildman–Crippen LogP) is 9.38. The number of nitrogens with zero attached hydrogens (tertiary/aromatic N) is 6. The van der Waals surface area contributed by atoms with Gasteiger partial charge in [0.1, 0.15) is 35.3 Å². The number of nitrogens with one attached hydrogen (secondary N) is 4. The molecule has 2 aliphatic carbocycles. The number of methoxy groups -OCH3 is 2. The van der Waals surface area contributed by atoms with Crippen molar-refractivity contribution < 1.29 is 42.5 Å². The van der Waals surface area contributed by atoms with Crippen LogP contribution in [0.4, 0.5) is 14.0 Å². The number of imidazole rings is 2. The fourth-order valence-electron chi connectivity index (χ4n) is 12.6. The first-order valence-electron chi connectivity index (χ1n) is 26.4. The van der Waals surface area contributed by atoms with E-state index in [1.807, 2.05) is 63.1 Å². The van der Waals surface area contributed by atoms with Gasteiger partial charge in [-0.05, 0) is 113 Å². The maximum atomic E-state index is 17.0. The van der Waals surface area contributed by atoms with Crippen molar-refractivity contribution in [3.05, 3.63) is 82.3 Å². The third kappa shape index (κ3) is 8.80. The van der Waals surface area contributed by atoms with E-state index >= 15 is 4.39 Å². The van der Waals surface area contributed by atoms with Crippen LogP contribution in [0.3, 0.4) is 0 Å². The van der Waals surface area contributed by atoms with Crippen LogP contribution in [-0.2, 0) is 23.8 Å². The normalized spacial score (nSPS) is 26.5. The largest absolute Gasteiger partial charge is 0.464 e. The molecule has 2 saturated carbocycles. The SMILES string of the molecule is COC(=O)NC(C(=O)N1CCC[C@H]1c1ncc(-c2cc(F)c3c(c2)OC(c2cnc(C4CC4)s2)n2c-3cc3cc(-c4cnc([C@@H]5CC6C(C)C6N5C(=O)C(NC(=O)OC)C5C[C@@H](C)O[C@H](C)C5)[nH]4)ccc32)[nH]1)C(C)C. The molecule has 8 heterocycles. The highest BCUT2D eigenvalue weighted by atomic mass is 32.1. The van der Waals surface area contributed by atoms with Crippen molar-refractivity contribution in [2.45, 2.75) is 134 Å². The summed E-state index contributed by atoms with van der Waals surface area (Å²) in [6.07, 6.45) is 8.96. The van der Waals surface area contributed by atoms with Crippen LogP contribution in [0.15, 0.2) is 55.0 Å². The maximum absolute atomic E-state index is 17.0. The van der Waals surface area contributed by atoms with Crippen LogP contribution in [0, 0.1) is 29.5 Å². The Morgan fingerprint density at radius 2 is 1.53 bits per heavy atom. The number of halogens is 1. The molecule has 4 amide bonds. The van der Waals surface area contributed by atoms with Crippen LogP contribution in [-0.4, -0.2) is 114 Å². The van der Waals surface area contributed by atoms with Crippen molar-refractivity contribution in [3.8, 4) is 39.5 Å². The Bertz CT molecular complexity index is 3210. The van der Waals surface area contributed by atoms with Gasteiger partial charge in [0.2, 0.25) is 18.0 Å². The number of fused-ring (bicyclic) bond motifs is 6. The number of piperidine rings is 1. The Balaban J connectivity index is 0.853. The zero-order valence-electron chi connectivity index (χ0n) is 43.1. The van der Waals surface area contributed by atoms with E-state index in [0.29, 0.717) is 83.5 Å². The van der Waals surface area contributed by atoms with Crippen molar-refractivity contribution >= 4 is 46.2 Å². The van der Waals surface area contributed by atoms with Gasteiger partial charge in [0, 0.05) is 41.2 Å². The summed E-state index contributed by atoms with van der Waals surface area (Å²) in [5.74, 6) is 1.62. The van der Waals surface area contributed by atoms with Crippen molar-refractivity contribution in [1.29, 1.82) is 0 Å². The number of hydrogen-bond acceptors (Lipinski definition) is 12. The lowest BCUT2D eigenvalue weighted by atomic mass is 9.85. The zero-order chi connectivity index (χ0) is 52.1. The molecular formula is C55H63FN10O8S. The Morgan fingerprint density at radius 1 is 0.827 bits per heavy atom. The highest BCUT2D eigenvalue weighted by Crippen LogP contribution is 2.58. The molecule has 0 radical (unpaired) electrons. The number of amides is 4. The molecule has 6 unspecified atom stereocenters. The van der Waals surface area contributed by atoms with E-state index in [1.165, 1.54) is 20.3 Å². The number of aromatic amines is 2. The Labute approximate surface area is 437 Å². The van der Waals surface area contributed by atoms with Gasteiger partial charge in [-0.3, -0.25) is 14.2 Å². The maximum Gasteiger partial charge on any atom is 0.407 e. The lowest BCUT2D eigenvalue weighted by Crippen LogP contribution is -2.55. The second-order valence-corrected chi connectivity index (χ2v) is 23.0. The molecule has 4 aromatic heterocycles. The van der Waals surface area contributed by atoms with E-state index in [1.54, 1.807) is 28.6 Å². The summed E-state index contributed by atoms with van der Waals surface area (Å²) in [7, 11) is 2.58. The van der Waals surface area contributed by atoms with E-state index in [2.05, 4.69) is 38.2 Å². The number of thiazole rings is 1. The number of carbonyl (C=O) groups is 4.